The second kappa shape index (κ2) is 8.25. The van der Waals surface area contributed by atoms with Gasteiger partial charge in [0.05, 0.1) is 10.7 Å². The minimum Gasteiger partial charge on any atom is -0.398 e. The number of hydrogen-bond donors (Lipinski definition) is 3. The molecule has 0 aromatic heterocycles. The summed E-state index contributed by atoms with van der Waals surface area (Å²) in [6.07, 6.45) is 1.31. The predicted octanol–water partition coefficient (Wildman–Crippen LogP) is 3.71. The van der Waals surface area contributed by atoms with E-state index < -0.39 is 5.91 Å². The zero-order chi connectivity index (χ0) is 17.5. The second-order valence-electron chi connectivity index (χ2n) is 4.82. The van der Waals surface area contributed by atoms with Gasteiger partial charge in [-0.25, -0.2) is 0 Å². The van der Waals surface area contributed by atoms with Crippen molar-refractivity contribution in [1.82, 2.24) is 5.32 Å². The molecular formula is C17H14Cl2N4O. The number of nitrogens with two attached hydrogens (primary N) is 1. The Morgan fingerprint density at radius 1 is 1.21 bits per heavy atom. The zero-order valence-corrected chi connectivity index (χ0v) is 14.0. The lowest BCUT2D eigenvalue weighted by atomic mass is 10.2. The average molecular weight is 361 g/mol. The van der Waals surface area contributed by atoms with Crippen LogP contribution in [0.4, 0.5) is 11.4 Å². The Labute approximate surface area is 149 Å². The summed E-state index contributed by atoms with van der Waals surface area (Å²) in [5.41, 5.74) is 7.38. The summed E-state index contributed by atoms with van der Waals surface area (Å²) in [5.74, 6) is -0.508. The van der Waals surface area contributed by atoms with Crippen molar-refractivity contribution < 1.29 is 4.79 Å². The predicted molar refractivity (Wildman–Crippen MR) is 96.5 cm³/mol. The first-order valence-electron chi connectivity index (χ1n) is 6.94. The molecule has 5 nitrogen and oxygen atoms in total. The standard InChI is InChI=1S/C17H14Cl2N4O/c18-14-4-2-1-3-11(14)9-23-17(24)12(8-20)10-22-13-5-6-16(21)15(19)7-13/h1-7,10,22H,9,21H2,(H,23,24)/b12-10-. The summed E-state index contributed by atoms with van der Waals surface area (Å²) in [6.45, 7) is 0.227. The normalized spacial score (nSPS) is 10.8. The third kappa shape index (κ3) is 4.66. The maximum absolute atomic E-state index is 12.1. The van der Waals surface area contributed by atoms with E-state index in [4.69, 9.17) is 34.2 Å². The second-order valence-corrected chi connectivity index (χ2v) is 5.64. The van der Waals surface area contributed by atoms with E-state index in [1.807, 2.05) is 12.1 Å². The smallest absolute Gasteiger partial charge is 0.263 e. The van der Waals surface area contributed by atoms with Crippen LogP contribution in [0.1, 0.15) is 5.56 Å². The van der Waals surface area contributed by atoms with Gasteiger partial charge in [0.15, 0.2) is 0 Å². The van der Waals surface area contributed by atoms with E-state index >= 15 is 0 Å². The van der Waals surface area contributed by atoms with E-state index in [0.29, 0.717) is 21.4 Å². The number of hydrogen-bond acceptors (Lipinski definition) is 4. The van der Waals surface area contributed by atoms with Crippen molar-refractivity contribution in [3.8, 4) is 6.07 Å². The highest BCUT2D eigenvalue weighted by Gasteiger charge is 2.09. The Bertz CT molecular complexity index is 828. The number of rotatable bonds is 5. The van der Waals surface area contributed by atoms with Gasteiger partial charge in [0.25, 0.3) is 5.91 Å². The molecule has 0 aliphatic carbocycles. The molecule has 0 unspecified atom stereocenters. The molecule has 24 heavy (non-hydrogen) atoms. The summed E-state index contributed by atoms with van der Waals surface area (Å²) >= 11 is 11.9. The number of nitriles is 1. The number of carbonyl (C=O) groups excluding carboxylic acids is 1. The number of benzene rings is 2. The lowest BCUT2D eigenvalue weighted by molar-refractivity contribution is -0.117. The molecule has 2 rings (SSSR count). The number of nitrogens with one attached hydrogen (secondary N) is 2. The van der Waals surface area contributed by atoms with Gasteiger partial charge in [0, 0.05) is 23.5 Å². The molecule has 0 bridgehead atoms. The maximum Gasteiger partial charge on any atom is 0.263 e. The van der Waals surface area contributed by atoms with Crippen LogP contribution in [0.25, 0.3) is 0 Å². The monoisotopic (exact) mass is 360 g/mol. The lowest BCUT2D eigenvalue weighted by Gasteiger charge is -2.07. The molecule has 0 saturated carbocycles. The molecule has 1 amide bonds. The Morgan fingerprint density at radius 3 is 2.62 bits per heavy atom. The summed E-state index contributed by atoms with van der Waals surface area (Å²) in [7, 11) is 0. The number of nitrogens with zero attached hydrogens (tertiary/aromatic N) is 1. The summed E-state index contributed by atoms with van der Waals surface area (Å²) in [6, 6.07) is 13.9. The van der Waals surface area contributed by atoms with E-state index in [0.717, 1.165) is 5.56 Å². The fourth-order valence-corrected chi connectivity index (χ4v) is 2.22. The molecule has 0 heterocycles. The van der Waals surface area contributed by atoms with Crippen LogP contribution >= 0.6 is 23.2 Å². The van der Waals surface area contributed by atoms with Gasteiger partial charge < -0.3 is 16.4 Å². The van der Waals surface area contributed by atoms with Crippen LogP contribution in [0.15, 0.2) is 54.2 Å². The SMILES string of the molecule is N#C/C(=C/Nc1ccc(N)c(Cl)c1)C(=O)NCc1ccccc1Cl. The number of carbonyl (C=O) groups is 1. The average Bonchev–Trinajstić information content (AvgIpc) is 2.57. The van der Waals surface area contributed by atoms with Gasteiger partial charge in [-0.05, 0) is 29.8 Å². The molecule has 0 spiro atoms. The third-order valence-corrected chi connectivity index (χ3v) is 3.84. The summed E-state index contributed by atoms with van der Waals surface area (Å²) in [5, 5.41) is 15.6. The molecule has 0 aliphatic rings. The molecule has 0 radical (unpaired) electrons. The molecule has 4 N–H and O–H groups in total. The Kier molecular flexibility index (Phi) is 6.07. The highest BCUT2D eigenvalue weighted by atomic mass is 35.5. The van der Waals surface area contributed by atoms with Crippen LogP contribution in [0.3, 0.4) is 0 Å². The summed E-state index contributed by atoms with van der Waals surface area (Å²) in [4.78, 5) is 12.1. The Morgan fingerprint density at radius 2 is 1.96 bits per heavy atom. The van der Waals surface area contributed by atoms with E-state index in [1.165, 1.54) is 6.20 Å². The number of anilines is 2. The fraction of sp³-hybridized carbons (Fsp3) is 0.0588. The minimum atomic E-state index is -0.508. The molecule has 0 aliphatic heterocycles. The van der Waals surface area contributed by atoms with E-state index in [1.54, 1.807) is 36.4 Å². The molecule has 2 aromatic rings. The third-order valence-electron chi connectivity index (χ3n) is 3.15. The van der Waals surface area contributed by atoms with Crippen molar-refractivity contribution in [2.45, 2.75) is 6.54 Å². The topological polar surface area (TPSA) is 90.9 Å². The quantitative estimate of drug-likeness (QED) is 0.430. The van der Waals surface area contributed by atoms with Gasteiger partial charge in [0.2, 0.25) is 0 Å². The molecule has 0 fully saturated rings. The minimum absolute atomic E-state index is 0.0741. The van der Waals surface area contributed by atoms with Gasteiger partial charge in [-0.15, -0.1) is 0 Å². The summed E-state index contributed by atoms with van der Waals surface area (Å²) < 4.78 is 0. The van der Waals surface area contributed by atoms with Gasteiger partial charge in [-0.3, -0.25) is 4.79 Å². The first-order chi connectivity index (χ1) is 11.5. The molecule has 2 aromatic carbocycles. The first-order valence-corrected chi connectivity index (χ1v) is 7.70. The Balaban J connectivity index is 2.01. The van der Waals surface area contributed by atoms with Gasteiger partial charge >= 0.3 is 0 Å². The molecule has 0 saturated heterocycles. The van der Waals surface area contributed by atoms with Crippen molar-refractivity contribution in [2.75, 3.05) is 11.1 Å². The van der Waals surface area contributed by atoms with Gasteiger partial charge in [0.1, 0.15) is 11.6 Å². The fourth-order valence-electron chi connectivity index (χ4n) is 1.83. The number of nitrogen functional groups attached to an aromatic ring is 1. The zero-order valence-electron chi connectivity index (χ0n) is 12.5. The van der Waals surface area contributed by atoms with Crippen molar-refractivity contribution in [1.29, 1.82) is 5.26 Å². The van der Waals surface area contributed by atoms with Crippen LogP contribution in [0.5, 0.6) is 0 Å². The highest BCUT2D eigenvalue weighted by Crippen LogP contribution is 2.22. The molecule has 0 atom stereocenters. The number of halogens is 2. The van der Waals surface area contributed by atoms with Crippen molar-refractivity contribution in [3.05, 3.63) is 69.8 Å². The highest BCUT2D eigenvalue weighted by molar-refractivity contribution is 6.33. The van der Waals surface area contributed by atoms with Gasteiger partial charge in [-0.2, -0.15) is 5.26 Å². The van der Waals surface area contributed by atoms with Crippen molar-refractivity contribution in [3.63, 3.8) is 0 Å². The van der Waals surface area contributed by atoms with Crippen LogP contribution in [0.2, 0.25) is 10.0 Å². The van der Waals surface area contributed by atoms with Crippen LogP contribution in [-0.2, 0) is 11.3 Å². The Hall–Kier alpha value is -2.68. The maximum atomic E-state index is 12.1. The molecule has 122 valence electrons. The lowest BCUT2D eigenvalue weighted by Crippen LogP contribution is -2.24. The first kappa shape index (κ1) is 17.7. The van der Waals surface area contributed by atoms with Gasteiger partial charge in [-0.1, -0.05) is 41.4 Å². The van der Waals surface area contributed by atoms with Crippen molar-refractivity contribution in [2.24, 2.45) is 0 Å². The molecular weight excluding hydrogens is 347 g/mol. The molecule has 7 heteroatoms. The van der Waals surface area contributed by atoms with E-state index in [-0.39, 0.29) is 12.1 Å². The van der Waals surface area contributed by atoms with Crippen molar-refractivity contribution >= 4 is 40.5 Å². The van der Waals surface area contributed by atoms with E-state index in [2.05, 4.69) is 10.6 Å². The largest absolute Gasteiger partial charge is 0.398 e. The van der Waals surface area contributed by atoms with Crippen LogP contribution in [-0.4, -0.2) is 5.91 Å². The van der Waals surface area contributed by atoms with Crippen LogP contribution < -0.4 is 16.4 Å². The number of amides is 1. The van der Waals surface area contributed by atoms with E-state index in [9.17, 15) is 4.79 Å². The van der Waals surface area contributed by atoms with Crippen LogP contribution in [0, 0.1) is 11.3 Å².